The van der Waals surface area contributed by atoms with Gasteiger partial charge in [0.1, 0.15) is 0 Å². The Balaban J connectivity index is 2.22. The van der Waals surface area contributed by atoms with Crippen molar-refractivity contribution in [1.29, 1.82) is 0 Å². The third-order valence-electron chi connectivity index (χ3n) is 3.17. The second-order valence-corrected chi connectivity index (χ2v) is 4.45. The molecule has 0 bridgehead atoms. The van der Waals surface area contributed by atoms with Crippen molar-refractivity contribution >= 4 is 0 Å². The van der Waals surface area contributed by atoms with Gasteiger partial charge in [0.05, 0.1) is 0 Å². The van der Waals surface area contributed by atoms with Gasteiger partial charge in [-0.15, -0.1) is 0 Å². The molecule has 2 unspecified atom stereocenters. The fraction of sp³-hybridized carbons (Fsp3) is 1.00. The molecule has 14 heavy (non-hydrogen) atoms. The summed E-state index contributed by atoms with van der Waals surface area (Å²) in [6.07, 6.45) is 4.70. The van der Waals surface area contributed by atoms with E-state index in [0.717, 1.165) is 18.9 Å². The highest BCUT2D eigenvalue weighted by molar-refractivity contribution is 4.75. The highest BCUT2D eigenvalue weighted by atomic mass is 16.3. The number of aliphatic hydroxyl groups is 1. The summed E-state index contributed by atoms with van der Waals surface area (Å²) in [5, 5.41) is 8.77. The predicted molar refractivity (Wildman–Crippen MR) is 59.1 cm³/mol. The van der Waals surface area contributed by atoms with E-state index in [1.165, 1.54) is 32.4 Å². The summed E-state index contributed by atoms with van der Waals surface area (Å²) in [6, 6.07) is 0.149. The Hall–Kier alpha value is -0.120. The van der Waals surface area contributed by atoms with Crippen LogP contribution in [0.25, 0.3) is 0 Å². The van der Waals surface area contributed by atoms with Gasteiger partial charge < -0.3 is 15.7 Å². The first-order chi connectivity index (χ1) is 6.76. The number of nitrogens with two attached hydrogens (primary N) is 1. The largest absolute Gasteiger partial charge is 0.396 e. The van der Waals surface area contributed by atoms with Crippen LogP contribution in [0.3, 0.4) is 0 Å². The first-order valence-electron chi connectivity index (χ1n) is 5.85. The Morgan fingerprint density at radius 2 is 2.36 bits per heavy atom. The van der Waals surface area contributed by atoms with E-state index in [-0.39, 0.29) is 12.6 Å². The minimum absolute atomic E-state index is 0.149. The normalized spacial score (nSPS) is 26.4. The second kappa shape index (κ2) is 6.38. The molecule has 1 fully saturated rings. The van der Waals surface area contributed by atoms with Crippen molar-refractivity contribution in [2.24, 2.45) is 11.7 Å². The van der Waals surface area contributed by atoms with E-state index in [4.69, 9.17) is 10.8 Å². The Bertz CT molecular complexity index is 152. The molecule has 1 aliphatic rings. The number of nitrogens with zero attached hydrogens (tertiary/aromatic N) is 1. The summed E-state index contributed by atoms with van der Waals surface area (Å²) < 4.78 is 0. The quantitative estimate of drug-likeness (QED) is 0.691. The summed E-state index contributed by atoms with van der Waals surface area (Å²) in [4.78, 5) is 2.46. The van der Waals surface area contributed by atoms with Crippen LogP contribution in [-0.4, -0.2) is 42.3 Å². The van der Waals surface area contributed by atoms with Gasteiger partial charge in [0.15, 0.2) is 0 Å². The van der Waals surface area contributed by atoms with Crippen LogP contribution in [0.5, 0.6) is 0 Å². The predicted octanol–water partition coefficient (Wildman–Crippen LogP) is 0.818. The van der Waals surface area contributed by atoms with Gasteiger partial charge in [-0.1, -0.05) is 13.3 Å². The van der Waals surface area contributed by atoms with Crippen molar-refractivity contribution in [1.82, 2.24) is 4.90 Å². The Morgan fingerprint density at radius 1 is 1.57 bits per heavy atom. The molecule has 1 rings (SSSR count). The van der Waals surface area contributed by atoms with E-state index in [0.29, 0.717) is 0 Å². The van der Waals surface area contributed by atoms with Gasteiger partial charge in [-0.25, -0.2) is 0 Å². The van der Waals surface area contributed by atoms with Gasteiger partial charge in [0.2, 0.25) is 0 Å². The first kappa shape index (κ1) is 12.0. The van der Waals surface area contributed by atoms with Gasteiger partial charge >= 0.3 is 0 Å². The molecule has 3 nitrogen and oxygen atoms in total. The topological polar surface area (TPSA) is 49.5 Å². The lowest BCUT2D eigenvalue weighted by atomic mass is 9.95. The molecule has 84 valence electrons. The van der Waals surface area contributed by atoms with Crippen molar-refractivity contribution in [2.75, 3.05) is 26.2 Å². The lowest BCUT2D eigenvalue weighted by molar-refractivity contribution is 0.155. The molecule has 1 aliphatic heterocycles. The number of hydrogen-bond donors (Lipinski definition) is 2. The molecule has 0 aromatic heterocycles. The highest BCUT2D eigenvalue weighted by Gasteiger charge is 2.19. The smallest absolute Gasteiger partial charge is 0.0446 e. The zero-order valence-electron chi connectivity index (χ0n) is 9.28. The van der Waals surface area contributed by atoms with Crippen LogP contribution < -0.4 is 5.73 Å². The van der Waals surface area contributed by atoms with Crippen molar-refractivity contribution < 1.29 is 5.11 Å². The van der Waals surface area contributed by atoms with Crippen LogP contribution in [0.2, 0.25) is 0 Å². The molecule has 0 spiro atoms. The summed E-state index contributed by atoms with van der Waals surface area (Å²) >= 11 is 0. The molecule has 0 aliphatic carbocycles. The molecule has 2 atom stereocenters. The zero-order valence-corrected chi connectivity index (χ0v) is 9.28. The SMILES string of the molecule is CCC1CCCN(CC(N)CCO)C1. The van der Waals surface area contributed by atoms with Crippen molar-refractivity contribution in [2.45, 2.75) is 38.6 Å². The van der Waals surface area contributed by atoms with E-state index >= 15 is 0 Å². The van der Waals surface area contributed by atoms with E-state index in [9.17, 15) is 0 Å². The number of rotatable bonds is 5. The number of piperidine rings is 1. The van der Waals surface area contributed by atoms with Gasteiger partial charge in [0.25, 0.3) is 0 Å². The standard InChI is InChI=1S/C11H24N2O/c1-2-10-4-3-6-13(8-10)9-11(12)5-7-14/h10-11,14H,2-9,12H2,1H3. The van der Waals surface area contributed by atoms with Crippen LogP contribution in [0.4, 0.5) is 0 Å². The second-order valence-electron chi connectivity index (χ2n) is 4.45. The minimum atomic E-state index is 0.149. The van der Waals surface area contributed by atoms with Crippen LogP contribution in [0, 0.1) is 5.92 Å². The lowest BCUT2D eigenvalue weighted by Gasteiger charge is -2.33. The number of hydrogen-bond acceptors (Lipinski definition) is 3. The molecule has 1 heterocycles. The van der Waals surface area contributed by atoms with Crippen molar-refractivity contribution in [3.63, 3.8) is 0 Å². The number of aliphatic hydroxyl groups excluding tert-OH is 1. The Kier molecular flexibility index (Phi) is 5.45. The monoisotopic (exact) mass is 200 g/mol. The highest BCUT2D eigenvalue weighted by Crippen LogP contribution is 2.19. The van der Waals surface area contributed by atoms with Crippen LogP contribution in [0.15, 0.2) is 0 Å². The van der Waals surface area contributed by atoms with E-state index in [1.807, 2.05) is 0 Å². The average Bonchev–Trinajstić information content (AvgIpc) is 2.18. The summed E-state index contributed by atoms with van der Waals surface area (Å²) in [5.41, 5.74) is 5.90. The van der Waals surface area contributed by atoms with E-state index in [2.05, 4.69) is 11.8 Å². The minimum Gasteiger partial charge on any atom is -0.396 e. The van der Waals surface area contributed by atoms with Gasteiger partial charge in [0, 0.05) is 25.7 Å². The maximum atomic E-state index is 8.77. The molecular weight excluding hydrogens is 176 g/mol. The third-order valence-corrected chi connectivity index (χ3v) is 3.17. The summed E-state index contributed by atoms with van der Waals surface area (Å²) in [7, 11) is 0. The van der Waals surface area contributed by atoms with Crippen molar-refractivity contribution in [3.8, 4) is 0 Å². The molecule has 0 saturated carbocycles. The molecule has 0 aromatic carbocycles. The molecule has 0 radical (unpaired) electrons. The van der Waals surface area contributed by atoms with Crippen LogP contribution in [-0.2, 0) is 0 Å². The zero-order chi connectivity index (χ0) is 10.4. The van der Waals surface area contributed by atoms with Gasteiger partial charge in [-0.2, -0.15) is 0 Å². The molecule has 3 N–H and O–H groups in total. The maximum Gasteiger partial charge on any atom is 0.0446 e. The van der Waals surface area contributed by atoms with Crippen molar-refractivity contribution in [3.05, 3.63) is 0 Å². The van der Waals surface area contributed by atoms with E-state index < -0.39 is 0 Å². The van der Waals surface area contributed by atoms with Gasteiger partial charge in [-0.3, -0.25) is 0 Å². The molecular formula is C11H24N2O. The fourth-order valence-electron chi connectivity index (χ4n) is 2.24. The molecule has 3 heteroatoms. The fourth-order valence-corrected chi connectivity index (χ4v) is 2.24. The Labute approximate surface area is 87.3 Å². The maximum absolute atomic E-state index is 8.77. The molecule has 0 amide bonds. The average molecular weight is 200 g/mol. The number of likely N-dealkylation sites (tertiary alicyclic amines) is 1. The summed E-state index contributed by atoms with van der Waals surface area (Å²) in [6.45, 7) is 5.83. The Morgan fingerprint density at radius 3 is 3.00 bits per heavy atom. The molecule has 1 saturated heterocycles. The van der Waals surface area contributed by atoms with Gasteiger partial charge in [-0.05, 0) is 31.7 Å². The van der Waals surface area contributed by atoms with E-state index in [1.54, 1.807) is 0 Å². The van der Waals surface area contributed by atoms with Crippen LogP contribution >= 0.6 is 0 Å². The first-order valence-corrected chi connectivity index (χ1v) is 5.85. The van der Waals surface area contributed by atoms with Crippen LogP contribution in [0.1, 0.15) is 32.6 Å². The third kappa shape index (κ3) is 3.95. The lowest BCUT2D eigenvalue weighted by Crippen LogP contribution is -2.43. The summed E-state index contributed by atoms with van der Waals surface area (Å²) in [5.74, 6) is 0.866. The molecule has 0 aromatic rings.